The quantitative estimate of drug-likeness (QED) is 0.288. The number of nitrogens with one attached hydrogen (secondary N) is 2. The van der Waals surface area contributed by atoms with Gasteiger partial charge in [0.1, 0.15) is 0 Å². The second-order valence-corrected chi connectivity index (χ2v) is 7.86. The van der Waals surface area contributed by atoms with Crippen LogP contribution in [0.25, 0.3) is 66.1 Å². The van der Waals surface area contributed by atoms with Gasteiger partial charge in [-0.25, -0.2) is 4.98 Å². The molecule has 6 aromatic rings. The fourth-order valence-electron chi connectivity index (χ4n) is 4.74. The molecule has 0 atom stereocenters. The van der Waals surface area contributed by atoms with Crippen LogP contribution in [0.4, 0.5) is 0 Å². The Hall–Kier alpha value is -4.11. The van der Waals surface area contributed by atoms with Crippen molar-refractivity contribution < 1.29 is 0 Å². The van der Waals surface area contributed by atoms with E-state index in [1.165, 1.54) is 32.7 Å². The van der Waals surface area contributed by atoms with Crippen LogP contribution < -0.4 is 0 Å². The first kappa shape index (κ1) is 15.8. The summed E-state index contributed by atoms with van der Waals surface area (Å²) in [6, 6.07) is 32.1. The van der Waals surface area contributed by atoms with Crippen molar-refractivity contribution in [2.45, 2.75) is 0 Å². The molecule has 0 fully saturated rings. The normalized spacial score (nSPS) is 12.0. The second-order valence-electron chi connectivity index (χ2n) is 7.86. The van der Waals surface area contributed by atoms with Crippen LogP contribution in [0.5, 0.6) is 0 Å². The molecule has 3 aromatic heterocycles. The zero-order chi connectivity index (χ0) is 19.7. The highest BCUT2D eigenvalue weighted by Gasteiger charge is 2.16. The third kappa shape index (κ3) is 2.12. The summed E-state index contributed by atoms with van der Waals surface area (Å²) >= 11 is 0. The van der Waals surface area contributed by atoms with Crippen molar-refractivity contribution >= 4 is 43.6 Å². The molecule has 3 aromatic carbocycles. The zero-order valence-electron chi connectivity index (χ0n) is 16.1. The smallest absolute Gasteiger partial charge is 0.0737 e. The molecule has 7 rings (SSSR count). The van der Waals surface area contributed by atoms with Gasteiger partial charge in [0.15, 0.2) is 0 Å². The van der Waals surface area contributed by atoms with Gasteiger partial charge in [-0.2, -0.15) is 0 Å². The topological polar surface area (TPSA) is 44.5 Å². The lowest BCUT2D eigenvalue weighted by Crippen LogP contribution is -1.74. The molecule has 1 aliphatic rings. The molecule has 30 heavy (non-hydrogen) atoms. The molecule has 0 spiro atoms. The standard InChI is InChI=1S/C27H17N3/c1-2-8-17-16(7-1)22-13-24-18-9-3-4-10-19(18)26(29-24)15-27-21-12-6-5-11-20(21)25(30-27)14-23(17)28-22/h1-15,28-29H. The first-order chi connectivity index (χ1) is 14.8. The van der Waals surface area contributed by atoms with Crippen LogP contribution >= 0.6 is 0 Å². The van der Waals surface area contributed by atoms with Crippen LogP contribution in [0.15, 0.2) is 91.0 Å². The Labute approximate surface area is 172 Å². The number of benzene rings is 3. The first-order valence-corrected chi connectivity index (χ1v) is 10.2. The monoisotopic (exact) mass is 383 g/mol. The van der Waals surface area contributed by atoms with Crippen LogP contribution in [-0.2, 0) is 0 Å². The lowest BCUT2D eigenvalue weighted by Gasteiger charge is -1.97. The first-order valence-electron chi connectivity index (χ1n) is 10.2. The van der Waals surface area contributed by atoms with Gasteiger partial charge in [0.25, 0.3) is 0 Å². The van der Waals surface area contributed by atoms with E-state index < -0.39 is 0 Å². The summed E-state index contributed by atoms with van der Waals surface area (Å²) < 4.78 is 0. The summed E-state index contributed by atoms with van der Waals surface area (Å²) in [6.07, 6.45) is 0. The lowest BCUT2D eigenvalue weighted by molar-refractivity contribution is 1.41. The van der Waals surface area contributed by atoms with Gasteiger partial charge in [-0.3, -0.25) is 0 Å². The number of rotatable bonds is 0. The van der Waals surface area contributed by atoms with Gasteiger partial charge in [-0.05, 0) is 18.2 Å². The Balaban J connectivity index is 1.79. The molecule has 140 valence electrons. The summed E-state index contributed by atoms with van der Waals surface area (Å²) in [5.41, 5.74) is 8.71. The third-order valence-corrected chi connectivity index (χ3v) is 6.12. The van der Waals surface area contributed by atoms with E-state index >= 15 is 0 Å². The van der Waals surface area contributed by atoms with Crippen molar-refractivity contribution in [1.29, 1.82) is 0 Å². The van der Waals surface area contributed by atoms with Gasteiger partial charge in [0, 0.05) is 54.7 Å². The van der Waals surface area contributed by atoms with Crippen LogP contribution in [0, 0.1) is 0 Å². The second kappa shape index (κ2) is 5.71. The molecule has 0 saturated carbocycles. The number of H-pyrrole nitrogens is 2. The highest BCUT2D eigenvalue weighted by molar-refractivity contribution is 6.12. The maximum atomic E-state index is 5.04. The van der Waals surface area contributed by atoms with Crippen molar-refractivity contribution in [3.63, 3.8) is 0 Å². The minimum Gasteiger partial charge on any atom is -0.354 e. The Bertz CT molecular complexity index is 1580. The van der Waals surface area contributed by atoms with Crippen LogP contribution in [-0.4, -0.2) is 15.0 Å². The van der Waals surface area contributed by atoms with E-state index in [9.17, 15) is 0 Å². The molecule has 0 saturated heterocycles. The maximum Gasteiger partial charge on any atom is 0.0737 e. The summed E-state index contributed by atoms with van der Waals surface area (Å²) in [6.45, 7) is 0. The Morgan fingerprint density at radius 2 is 0.800 bits per heavy atom. The molecular weight excluding hydrogens is 366 g/mol. The number of hydrogen-bond donors (Lipinski definition) is 2. The zero-order valence-corrected chi connectivity index (χ0v) is 16.1. The highest BCUT2D eigenvalue weighted by atomic mass is 14.8. The van der Waals surface area contributed by atoms with E-state index in [2.05, 4.69) is 101 Å². The average Bonchev–Trinajstić information content (AvgIpc) is 3.43. The van der Waals surface area contributed by atoms with Crippen molar-refractivity contribution in [2.75, 3.05) is 0 Å². The predicted molar refractivity (Wildman–Crippen MR) is 125 cm³/mol. The van der Waals surface area contributed by atoms with E-state index in [1.54, 1.807) is 0 Å². The highest BCUT2D eigenvalue weighted by Crippen LogP contribution is 2.38. The van der Waals surface area contributed by atoms with E-state index in [0.717, 1.165) is 33.5 Å². The predicted octanol–water partition coefficient (Wildman–Crippen LogP) is 7.12. The molecule has 0 amide bonds. The largest absolute Gasteiger partial charge is 0.354 e. The summed E-state index contributed by atoms with van der Waals surface area (Å²) in [5, 5.41) is 4.83. The number of fused-ring (bicyclic) bond motifs is 15. The van der Waals surface area contributed by atoms with Crippen molar-refractivity contribution in [3.05, 3.63) is 91.0 Å². The molecule has 4 heterocycles. The maximum absolute atomic E-state index is 5.04. The van der Waals surface area contributed by atoms with E-state index in [4.69, 9.17) is 4.98 Å². The molecule has 1 aliphatic heterocycles. The van der Waals surface area contributed by atoms with Crippen LogP contribution in [0.1, 0.15) is 0 Å². The molecule has 3 nitrogen and oxygen atoms in total. The van der Waals surface area contributed by atoms with Crippen molar-refractivity contribution in [1.82, 2.24) is 15.0 Å². The van der Waals surface area contributed by atoms with E-state index in [0.29, 0.717) is 0 Å². The SMILES string of the molecule is c1ccc2c(c1)-c1cc3[nH]c(cc4[nH]c(cc-2n1)c1ccccc41)c1ccccc31. The fraction of sp³-hybridized carbons (Fsp3) is 0. The Kier molecular flexibility index (Phi) is 3.00. The molecule has 0 unspecified atom stereocenters. The van der Waals surface area contributed by atoms with Gasteiger partial charge in [-0.1, -0.05) is 72.8 Å². The van der Waals surface area contributed by atoms with Crippen LogP contribution in [0.3, 0.4) is 0 Å². The molecule has 0 aliphatic carbocycles. The number of nitrogens with zero attached hydrogens (tertiary/aromatic N) is 1. The minimum atomic E-state index is 0.993. The van der Waals surface area contributed by atoms with Gasteiger partial charge in [0.2, 0.25) is 0 Å². The van der Waals surface area contributed by atoms with Gasteiger partial charge in [-0.15, -0.1) is 0 Å². The summed E-state index contributed by atoms with van der Waals surface area (Å²) in [4.78, 5) is 12.3. The molecule has 0 radical (unpaired) electrons. The molecule has 6 bridgehead atoms. The van der Waals surface area contributed by atoms with Gasteiger partial charge >= 0.3 is 0 Å². The number of aromatic amines is 2. The fourth-order valence-corrected chi connectivity index (χ4v) is 4.74. The number of hydrogen-bond acceptors (Lipinski definition) is 1. The van der Waals surface area contributed by atoms with Gasteiger partial charge < -0.3 is 9.97 Å². The number of aromatic nitrogens is 3. The van der Waals surface area contributed by atoms with E-state index in [-0.39, 0.29) is 0 Å². The Morgan fingerprint density at radius 1 is 0.433 bits per heavy atom. The molecular formula is C27H17N3. The van der Waals surface area contributed by atoms with Gasteiger partial charge in [0.05, 0.1) is 11.4 Å². The van der Waals surface area contributed by atoms with Crippen LogP contribution in [0.2, 0.25) is 0 Å². The molecule has 3 heteroatoms. The van der Waals surface area contributed by atoms with Crippen molar-refractivity contribution in [2.24, 2.45) is 0 Å². The van der Waals surface area contributed by atoms with Crippen molar-refractivity contribution in [3.8, 4) is 22.5 Å². The minimum absolute atomic E-state index is 0.993. The average molecular weight is 383 g/mol. The third-order valence-electron chi connectivity index (χ3n) is 6.12. The van der Waals surface area contributed by atoms with E-state index in [1.807, 2.05) is 0 Å². The summed E-state index contributed by atoms with van der Waals surface area (Å²) in [5.74, 6) is 0. The Morgan fingerprint density at radius 3 is 1.23 bits per heavy atom. The summed E-state index contributed by atoms with van der Waals surface area (Å²) in [7, 11) is 0. The molecule has 2 N–H and O–H groups in total. The lowest BCUT2D eigenvalue weighted by atomic mass is 10.0.